The van der Waals surface area contributed by atoms with Gasteiger partial charge in [0.25, 0.3) is 0 Å². The molecule has 0 amide bonds. The minimum absolute atomic E-state index is 0.00747. The Morgan fingerprint density at radius 3 is 2.65 bits per heavy atom. The number of aliphatic hydroxyl groups excluding tert-OH is 1. The number of nitrogens with zero attached hydrogens (tertiary/aromatic N) is 2. The average Bonchev–Trinajstić information content (AvgIpc) is 2.74. The van der Waals surface area contributed by atoms with Gasteiger partial charge in [0, 0.05) is 22.5 Å². The van der Waals surface area contributed by atoms with E-state index in [1.807, 2.05) is 24.6 Å². The Morgan fingerprint density at radius 1 is 1.35 bits per heavy atom. The van der Waals surface area contributed by atoms with Gasteiger partial charge in [-0.05, 0) is 18.6 Å². The van der Waals surface area contributed by atoms with Crippen molar-refractivity contribution in [3.63, 3.8) is 0 Å². The summed E-state index contributed by atoms with van der Waals surface area (Å²) in [7, 11) is 0. The fourth-order valence-electron chi connectivity index (χ4n) is 1.78. The van der Waals surface area contributed by atoms with Crippen molar-refractivity contribution < 1.29 is 5.11 Å². The molecule has 1 aromatic carbocycles. The summed E-state index contributed by atoms with van der Waals surface area (Å²) in [4.78, 5) is 0. The first-order valence-electron chi connectivity index (χ1n) is 6.01. The molecule has 2 aromatic rings. The van der Waals surface area contributed by atoms with Gasteiger partial charge in [0.2, 0.25) is 0 Å². The summed E-state index contributed by atoms with van der Waals surface area (Å²) in [5, 5.41) is 15.2. The van der Waals surface area contributed by atoms with E-state index in [1.165, 1.54) is 0 Å². The minimum Gasteiger partial charge on any atom is -0.392 e. The number of hydrogen-bond donors (Lipinski definition) is 1. The van der Waals surface area contributed by atoms with E-state index in [2.05, 4.69) is 12.0 Å². The van der Waals surface area contributed by atoms with Gasteiger partial charge in [-0.2, -0.15) is 5.10 Å². The zero-order chi connectivity index (χ0) is 12.8. The lowest BCUT2D eigenvalue weighted by Gasteiger charge is -2.05. The van der Waals surface area contributed by atoms with Crippen LogP contribution in [0.15, 0.2) is 18.3 Å². The molecule has 0 bridgehead atoms. The second kappa shape index (κ2) is 6.62. The Labute approximate surface area is 107 Å². The Kier molecular flexibility index (Phi) is 5.45. The highest BCUT2D eigenvalue weighted by Gasteiger charge is 2.08. The topological polar surface area (TPSA) is 38.0 Å². The van der Waals surface area contributed by atoms with Crippen molar-refractivity contribution in [3.8, 4) is 0 Å². The number of benzene rings is 1. The molecule has 0 aliphatic carbocycles. The molecule has 0 atom stereocenters. The number of halogens is 1. The van der Waals surface area contributed by atoms with E-state index in [0.717, 1.165) is 29.4 Å². The molecule has 1 heterocycles. The van der Waals surface area contributed by atoms with Crippen molar-refractivity contribution in [1.29, 1.82) is 0 Å². The van der Waals surface area contributed by atoms with Gasteiger partial charge in [-0.15, -0.1) is 0 Å². The molecule has 0 saturated carbocycles. The molecule has 3 nitrogen and oxygen atoms in total. The van der Waals surface area contributed by atoms with Gasteiger partial charge in [-0.25, -0.2) is 0 Å². The Bertz CT molecular complexity index is 479. The fourth-order valence-corrected chi connectivity index (χ4v) is 2.03. The molecule has 0 saturated heterocycles. The third-order valence-electron chi connectivity index (χ3n) is 2.38. The maximum Gasteiger partial charge on any atom is 0.0738 e. The fraction of sp³-hybridized carbons (Fsp3) is 0.462. The third kappa shape index (κ3) is 2.99. The predicted octanol–water partition coefficient (Wildman–Crippen LogP) is 3.62. The van der Waals surface area contributed by atoms with Crippen LogP contribution in [0.1, 0.15) is 32.8 Å². The first-order valence-corrected chi connectivity index (χ1v) is 6.39. The summed E-state index contributed by atoms with van der Waals surface area (Å²) in [6.07, 6.45) is 2.81. The van der Waals surface area contributed by atoms with Gasteiger partial charge in [0.1, 0.15) is 0 Å². The van der Waals surface area contributed by atoms with Crippen LogP contribution < -0.4 is 0 Å². The quantitative estimate of drug-likeness (QED) is 0.909. The molecule has 0 radical (unpaired) electrons. The molecule has 1 N–H and O–H groups in total. The number of rotatable bonds is 3. The molecule has 0 spiro atoms. The third-order valence-corrected chi connectivity index (χ3v) is 2.60. The van der Waals surface area contributed by atoms with Crippen LogP contribution in [0.5, 0.6) is 0 Å². The largest absolute Gasteiger partial charge is 0.392 e. The lowest BCUT2D eigenvalue weighted by Crippen LogP contribution is -2.00. The standard InChI is InChI=1S/C11H13ClN2O.C2H6/c1-2-3-14-11-8(6-13-14)4-10(12)5-9(11)7-15;1-2/h4-6,15H,2-3,7H2,1H3;1-2H3. The van der Waals surface area contributed by atoms with Gasteiger partial charge >= 0.3 is 0 Å². The second-order valence-electron chi connectivity index (χ2n) is 3.53. The highest BCUT2D eigenvalue weighted by molar-refractivity contribution is 6.31. The SMILES string of the molecule is CC.CCCn1ncc2cc(Cl)cc(CO)c21. The van der Waals surface area contributed by atoms with Crippen LogP contribution in [0.25, 0.3) is 10.9 Å². The predicted molar refractivity (Wildman–Crippen MR) is 72.3 cm³/mol. The van der Waals surface area contributed by atoms with Gasteiger partial charge in [0.05, 0.1) is 18.3 Å². The maximum atomic E-state index is 9.27. The van der Waals surface area contributed by atoms with Crippen molar-refractivity contribution in [2.45, 2.75) is 40.3 Å². The summed E-state index contributed by atoms with van der Waals surface area (Å²) < 4.78 is 1.91. The molecule has 4 heteroatoms. The van der Waals surface area contributed by atoms with E-state index in [4.69, 9.17) is 11.6 Å². The van der Waals surface area contributed by atoms with E-state index < -0.39 is 0 Å². The summed E-state index contributed by atoms with van der Waals surface area (Å²) in [6.45, 7) is 6.95. The number of aliphatic hydroxyl groups is 1. The molecule has 2 rings (SSSR count). The van der Waals surface area contributed by atoms with Crippen LogP contribution in [-0.2, 0) is 13.2 Å². The van der Waals surface area contributed by atoms with Gasteiger partial charge in [-0.3, -0.25) is 4.68 Å². The average molecular weight is 255 g/mol. The first-order chi connectivity index (χ1) is 8.26. The molecule has 0 aliphatic heterocycles. The Balaban J connectivity index is 0.000000686. The highest BCUT2D eigenvalue weighted by Crippen LogP contribution is 2.24. The van der Waals surface area contributed by atoms with Crippen LogP contribution in [0.3, 0.4) is 0 Å². The van der Waals surface area contributed by atoms with Crippen LogP contribution in [-0.4, -0.2) is 14.9 Å². The maximum absolute atomic E-state index is 9.27. The molecular formula is C13H19ClN2O. The zero-order valence-corrected chi connectivity index (χ0v) is 11.3. The van der Waals surface area contributed by atoms with E-state index in [0.29, 0.717) is 5.02 Å². The first kappa shape index (κ1) is 14.0. The molecule has 0 aliphatic rings. The van der Waals surface area contributed by atoms with Crippen molar-refractivity contribution in [1.82, 2.24) is 9.78 Å². The number of fused-ring (bicyclic) bond motifs is 1. The summed E-state index contributed by atoms with van der Waals surface area (Å²) in [5.41, 5.74) is 1.83. The van der Waals surface area contributed by atoms with Crippen LogP contribution in [0, 0.1) is 0 Å². The van der Waals surface area contributed by atoms with E-state index in [9.17, 15) is 5.11 Å². The number of aryl methyl sites for hydroxylation is 1. The van der Waals surface area contributed by atoms with Crippen LogP contribution >= 0.6 is 11.6 Å². The van der Waals surface area contributed by atoms with Crippen molar-refractivity contribution >= 4 is 22.5 Å². The summed E-state index contributed by atoms with van der Waals surface area (Å²) in [5.74, 6) is 0. The Morgan fingerprint density at radius 2 is 2.06 bits per heavy atom. The van der Waals surface area contributed by atoms with Gasteiger partial charge < -0.3 is 5.11 Å². The smallest absolute Gasteiger partial charge is 0.0738 e. The summed E-state index contributed by atoms with van der Waals surface area (Å²) >= 11 is 5.94. The van der Waals surface area contributed by atoms with E-state index >= 15 is 0 Å². The molecule has 17 heavy (non-hydrogen) atoms. The van der Waals surface area contributed by atoms with E-state index in [1.54, 1.807) is 12.3 Å². The van der Waals surface area contributed by atoms with Crippen LogP contribution in [0.4, 0.5) is 0 Å². The highest BCUT2D eigenvalue weighted by atomic mass is 35.5. The van der Waals surface area contributed by atoms with Gasteiger partial charge in [-0.1, -0.05) is 32.4 Å². The normalized spacial score (nSPS) is 10.2. The molecule has 94 valence electrons. The van der Waals surface area contributed by atoms with Crippen molar-refractivity contribution in [2.24, 2.45) is 0 Å². The monoisotopic (exact) mass is 254 g/mol. The van der Waals surface area contributed by atoms with Crippen LogP contribution in [0.2, 0.25) is 5.02 Å². The molecule has 1 aromatic heterocycles. The molecule has 0 unspecified atom stereocenters. The van der Waals surface area contributed by atoms with E-state index in [-0.39, 0.29) is 6.61 Å². The van der Waals surface area contributed by atoms with Gasteiger partial charge in [0.15, 0.2) is 0 Å². The number of hydrogen-bond acceptors (Lipinski definition) is 2. The van der Waals surface area contributed by atoms with Crippen molar-refractivity contribution in [3.05, 3.63) is 28.9 Å². The second-order valence-corrected chi connectivity index (χ2v) is 3.97. The minimum atomic E-state index is -0.00747. The molecule has 0 fully saturated rings. The van der Waals surface area contributed by atoms with Crippen molar-refractivity contribution in [2.75, 3.05) is 0 Å². The molecular weight excluding hydrogens is 236 g/mol. The Hall–Kier alpha value is -1.06. The lowest BCUT2D eigenvalue weighted by atomic mass is 10.1. The zero-order valence-electron chi connectivity index (χ0n) is 10.6. The number of aromatic nitrogens is 2. The summed E-state index contributed by atoms with van der Waals surface area (Å²) in [6, 6.07) is 3.66. The lowest BCUT2D eigenvalue weighted by molar-refractivity contribution is 0.282.